The van der Waals surface area contributed by atoms with Crippen molar-refractivity contribution in [2.24, 2.45) is 10.3 Å². The summed E-state index contributed by atoms with van der Waals surface area (Å²) in [4.78, 5) is 0. The molecule has 1 aliphatic rings. The quantitative estimate of drug-likeness (QED) is 0.0801. The zero-order chi connectivity index (χ0) is 29.8. The Bertz CT molecular complexity index is 1140. The summed E-state index contributed by atoms with van der Waals surface area (Å²) in [5.74, 6) is -5.60. The molecule has 0 amide bonds. The minimum Gasteiger partial charge on any atom is -0.406 e. The van der Waals surface area contributed by atoms with Crippen molar-refractivity contribution in [2.45, 2.75) is 70.7 Å². The minimum atomic E-state index is -4.81. The van der Waals surface area contributed by atoms with Gasteiger partial charge in [0.2, 0.25) is 0 Å². The van der Waals surface area contributed by atoms with Gasteiger partial charge in [-0.05, 0) is 67.2 Å². The van der Waals surface area contributed by atoms with Gasteiger partial charge in [0, 0.05) is 12.4 Å². The molecule has 11 heteroatoms. The molecule has 0 saturated heterocycles. The van der Waals surface area contributed by atoms with E-state index >= 15 is 8.78 Å². The minimum absolute atomic E-state index is 0.192. The first kappa shape index (κ1) is 32.7. The number of benzene rings is 1. The molecule has 5 nitrogen and oxygen atoms in total. The van der Waals surface area contributed by atoms with Crippen molar-refractivity contribution in [1.82, 2.24) is 10.3 Å². The van der Waals surface area contributed by atoms with Crippen LogP contribution in [0.1, 0.15) is 56.6 Å². The Morgan fingerprint density at radius 1 is 1.18 bits per heavy atom. The number of nitrogens with one attached hydrogen (secondary N) is 1. The SMILES string of the molecule is CC/C=C(\C=C/CC1=CNC(C(F)(F)[C@H](CN(/C=C/CCC)N=NC)c2ccc(F)cc2C)C=C1)OC(F)(F)F. The maximum absolute atomic E-state index is 16.2. The van der Waals surface area contributed by atoms with Crippen LogP contribution in [-0.4, -0.2) is 36.9 Å². The number of ether oxygens (including phenoxy) is 1. The second kappa shape index (κ2) is 15.3. The molecule has 0 radical (unpaired) electrons. The Balaban J connectivity index is 2.26. The molecule has 2 atom stereocenters. The van der Waals surface area contributed by atoms with Gasteiger partial charge in [-0.1, -0.05) is 55.9 Å². The van der Waals surface area contributed by atoms with E-state index < -0.39 is 30.1 Å². The second-order valence-corrected chi connectivity index (χ2v) is 9.20. The monoisotopic (exact) mass is 570 g/mol. The molecule has 0 bridgehead atoms. The second-order valence-electron chi connectivity index (χ2n) is 9.20. The highest BCUT2D eigenvalue weighted by Crippen LogP contribution is 2.40. The average molecular weight is 571 g/mol. The predicted octanol–water partition coefficient (Wildman–Crippen LogP) is 8.65. The molecule has 1 aromatic rings. The highest BCUT2D eigenvalue weighted by Gasteiger charge is 2.48. The molecular formula is C29H36F6N4O. The van der Waals surface area contributed by atoms with Gasteiger partial charge in [-0.3, -0.25) is 5.01 Å². The van der Waals surface area contributed by atoms with Gasteiger partial charge in [0.15, 0.2) is 0 Å². The van der Waals surface area contributed by atoms with Crippen molar-refractivity contribution < 1.29 is 31.1 Å². The molecule has 0 fully saturated rings. The molecule has 40 heavy (non-hydrogen) atoms. The van der Waals surface area contributed by atoms with Gasteiger partial charge < -0.3 is 10.1 Å². The van der Waals surface area contributed by atoms with Gasteiger partial charge in [0.1, 0.15) is 17.6 Å². The Labute approximate surface area is 231 Å². The Morgan fingerprint density at radius 3 is 2.50 bits per heavy atom. The van der Waals surface area contributed by atoms with Crippen LogP contribution in [0.4, 0.5) is 26.3 Å². The summed E-state index contributed by atoms with van der Waals surface area (Å²) in [6.07, 6.45) is 8.96. The van der Waals surface area contributed by atoms with Crippen molar-refractivity contribution in [2.75, 3.05) is 13.6 Å². The summed E-state index contributed by atoms with van der Waals surface area (Å²) >= 11 is 0. The molecule has 220 valence electrons. The first-order valence-electron chi connectivity index (χ1n) is 13.0. The van der Waals surface area contributed by atoms with Crippen LogP contribution >= 0.6 is 0 Å². The van der Waals surface area contributed by atoms with Crippen molar-refractivity contribution in [1.29, 1.82) is 0 Å². The number of hydrogen-bond acceptors (Lipinski definition) is 4. The van der Waals surface area contributed by atoms with Crippen molar-refractivity contribution in [3.8, 4) is 0 Å². The van der Waals surface area contributed by atoms with Gasteiger partial charge in [-0.15, -0.1) is 13.2 Å². The number of hydrogen-bond donors (Lipinski definition) is 1. The van der Waals surface area contributed by atoms with Gasteiger partial charge in [0.05, 0.1) is 19.5 Å². The summed E-state index contributed by atoms with van der Waals surface area (Å²) in [5.41, 5.74) is 1.25. The summed E-state index contributed by atoms with van der Waals surface area (Å²) in [6, 6.07) is 2.33. The highest BCUT2D eigenvalue weighted by atomic mass is 19.4. The van der Waals surface area contributed by atoms with E-state index in [1.54, 1.807) is 20.0 Å². The standard InChI is InChI=1S/C29H36F6N4O/c1-5-7-8-17-39(38-36-4)20-26(25-15-14-23(30)18-21(25)3)28(31,32)27-16-13-22(19-37-27)11-9-12-24(10-6-2)40-29(33,34)35/h8-10,12-19,26-27,37H,5-7,11,20H2,1-4H3/b12-9-,17-8+,24-10+,38-36?/t26-,27?/m1/s1. The number of aryl methyl sites for hydroxylation is 1. The smallest absolute Gasteiger partial charge is 0.406 e. The molecule has 0 spiro atoms. The molecule has 1 unspecified atom stereocenters. The number of rotatable bonds is 14. The van der Waals surface area contributed by atoms with Crippen molar-refractivity contribution in [3.05, 3.63) is 95.3 Å². The first-order chi connectivity index (χ1) is 18.9. The van der Waals surface area contributed by atoms with E-state index in [-0.39, 0.29) is 24.3 Å². The van der Waals surface area contributed by atoms with Crippen LogP contribution in [0.3, 0.4) is 0 Å². The molecule has 0 aliphatic carbocycles. The van der Waals surface area contributed by atoms with E-state index in [4.69, 9.17) is 0 Å². The van der Waals surface area contributed by atoms with Gasteiger partial charge >= 0.3 is 6.36 Å². The van der Waals surface area contributed by atoms with Gasteiger partial charge in [0.25, 0.3) is 5.92 Å². The van der Waals surface area contributed by atoms with E-state index in [0.717, 1.165) is 18.9 Å². The predicted molar refractivity (Wildman–Crippen MR) is 144 cm³/mol. The lowest BCUT2D eigenvalue weighted by Gasteiger charge is -2.36. The fourth-order valence-corrected chi connectivity index (χ4v) is 4.14. The van der Waals surface area contributed by atoms with Crippen LogP contribution in [0.15, 0.2) is 88.7 Å². The third-order valence-corrected chi connectivity index (χ3v) is 6.02. The summed E-state index contributed by atoms with van der Waals surface area (Å²) < 4.78 is 87.8. The van der Waals surface area contributed by atoms with Crippen LogP contribution in [-0.2, 0) is 4.74 Å². The largest absolute Gasteiger partial charge is 0.573 e. The molecule has 1 N–H and O–H groups in total. The lowest BCUT2D eigenvalue weighted by atomic mass is 9.84. The summed E-state index contributed by atoms with van der Waals surface area (Å²) in [5, 5.41) is 11.8. The van der Waals surface area contributed by atoms with Crippen molar-refractivity contribution >= 4 is 0 Å². The molecule has 2 rings (SSSR count). The lowest BCUT2D eigenvalue weighted by molar-refractivity contribution is -0.303. The van der Waals surface area contributed by atoms with Crippen LogP contribution in [0.2, 0.25) is 0 Å². The molecule has 0 saturated carbocycles. The van der Waals surface area contributed by atoms with Crippen LogP contribution in [0.5, 0.6) is 0 Å². The van der Waals surface area contributed by atoms with E-state index in [1.165, 1.54) is 60.8 Å². The molecular weight excluding hydrogens is 534 g/mol. The first-order valence-corrected chi connectivity index (χ1v) is 13.0. The number of dihydropyridines is 1. The summed E-state index contributed by atoms with van der Waals surface area (Å²) in [7, 11) is 1.44. The molecule has 1 aliphatic heterocycles. The number of unbranched alkanes of at least 4 members (excludes halogenated alkanes) is 1. The number of halogens is 6. The van der Waals surface area contributed by atoms with E-state index in [1.807, 2.05) is 13.0 Å². The van der Waals surface area contributed by atoms with Gasteiger partial charge in [-0.25, -0.2) is 13.2 Å². The fraction of sp³-hybridized carbons (Fsp3) is 0.448. The lowest BCUT2D eigenvalue weighted by Crippen LogP contribution is -2.49. The molecule has 1 heterocycles. The Kier molecular flexibility index (Phi) is 12.5. The zero-order valence-corrected chi connectivity index (χ0v) is 23.1. The van der Waals surface area contributed by atoms with E-state index in [2.05, 4.69) is 20.4 Å². The maximum Gasteiger partial charge on any atom is 0.573 e. The Morgan fingerprint density at radius 2 is 1.93 bits per heavy atom. The number of nitrogens with zero attached hydrogens (tertiary/aromatic N) is 3. The Hall–Kier alpha value is -3.50. The fourth-order valence-electron chi connectivity index (χ4n) is 4.14. The average Bonchev–Trinajstić information content (AvgIpc) is 2.87. The normalized spacial score (nSPS) is 17.5. The van der Waals surface area contributed by atoms with Crippen LogP contribution in [0.25, 0.3) is 0 Å². The molecule has 1 aromatic carbocycles. The van der Waals surface area contributed by atoms with Crippen LogP contribution in [0, 0.1) is 12.7 Å². The number of allylic oxidation sites excluding steroid dienone is 6. The topological polar surface area (TPSA) is 49.2 Å². The summed E-state index contributed by atoms with van der Waals surface area (Å²) in [6.45, 7) is 5.04. The van der Waals surface area contributed by atoms with E-state index in [9.17, 15) is 17.6 Å². The molecule has 0 aromatic heterocycles. The maximum atomic E-state index is 16.2. The zero-order valence-electron chi connectivity index (χ0n) is 23.1. The van der Waals surface area contributed by atoms with Crippen molar-refractivity contribution in [3.63, 3.8) is 0 Å². The highest BCUT2D eigenvalue weighted by molar-refractivity contribution is 5.35. The van der Waals surface area contributed by atoms with E-state index in [0.29, 0.717) is 17.6 Å². The number of alkyl halides is 5. The third kappa shape index (κ3) is 10.2. The van der Waals surface area contributed by atoms with Crippen LogP contribution < -0.4 is 5.32 Å². The third-order valence-electron chi connectivity index (χ3n) is 6.02. The van der Waals surface area contributed by atoms with Gasteiger partial charge in [-0.2, -0.15) is 5.11 Å².